The van der Waals surface area contributed by atoms with E-state index in [-0.39, 0.29) is 5.78 Å². The summed E-state index contributed by atoms with van der Waals surface area (Å²) >= 11 is 1.25. The molecule has 100 valence electrons. The molecule has 0 saturated carbocycles. The van der Waals surface area contributed by atoms with Crippen LogP contribution < -0.4 is 0 Å². The van der Waals surface area contributed by atoms with Gasteiger partial charge in [0.2, 0.25) is 0 Å². The van der Waals surface area contributed by atoms with Gasteiger partial charge in [-0.15, -0.1) is 11.3 Å². The van der Waals surface area contributed by atoms with Crippen molar-refractivity contribution in [3.8, 4) is 10.6 Å². The maximum Gasteiger partial charge on any atom is 0.416 e. The van der Waals surface area contributed by atoms with Crippen molar-refractivity contribution < 1.29 is 18.0 Å². The van der Waals surface area contributed by atoms with Gasteiger partial charge in [-0.25, -0.2) is 4.98 Å². The number of benzene rings is 1. The van der Waals surface area contributed by atoms with Crippen LogP contribution in [0.4, 0.5) is 13.2 Å². The van der Waals surface area contributed by atoms with E-state index in [1.165, 1.54) is 23.5 Å². The third kappa shape index (κ3) is 3.01. The van der Waals surface area contributed by atoms with E-state index >= 15 is 0 Å². The number of rotatable bonds is 3. The van der Waals surface area contributed by atoms with Crippen LogP contribution in [0.1, 0.15) is 29.4 Å². The van der Waals surface area contributed by atoms with E-state index < -0.39 is 11.7 Å². The molecule has 0 aliphatic rings. The molecule has 1 aromatic carbocycles. The molecule has 2 rings (SSSR count). The van der Waals surface area contributed by atoms with Crippen molar-refractivity contribution in [1.29, 1.82) is 0 Å². The van der Waals surface area contributed by atoms with Crippen molar-refractivity contribution in [2.75, 3.05) is 0 Å². The maximum absolute atomic E-state index is 12.4. The Kier molecular flexibility index (Phi) is 3.71. The molecule has 1 aromatic heterocycles. The minimum atomic E-state index is -4.34. The Balaban J connectivity index is 2.28. The number of carbonyl (C=O) groups is 1. The number of thiazole rings is 1. The zero-order valence-corrected chi connectivity index (χ0v) is 10.8. The van der Waals surface area contributed by atoms with Crippen molar-refractivity contribution in [2.24, 2.45) is 0 Å². The largest absolute Gasteiger partial charge is 0.416 e. The highest BCUT2D eigenvalue weighted by Crippen LogP contribution is 2.31. The molecule has 6 heteroatoms. The molecule has 1 heterocycles. The Labute approximate surface area is 111 Å². The molecule has 0 aliphatic heterocycles. The number of alkyl halides is 3. The lowest BCUT2D eigenvalue weighted by Gasteiger charge is -2.06. The molecule has 19 heavy (non-hydrogen) atoms. The highest BCUT2D eigenvalue weighted by Gasteiger charge is 2.30. The first kappa shape index (κ1) is 13.7. The number of nitrogens with zero attached hydrogens (tertiary/aromatic N) is 1. The summed E-state index contributed by atoms with van der Waals surface area (Å²) in [6.07, 6.45) is -3.99. The van der Waals surface area contributed by atoms with Crippen molar-refractivity contribution in [1.82, 2.24) is 4.98 Å². The number of hydrogen-bond acceptors (Lipinski definition) is 3. The van der Waals surface area contributed by atoms with Crippen LogP contribution in [-0.2, 0) is 6.18 Å². The summed E-state index contributed by atoms with van der Waals surface area (Å²) in [4.78, 5) is 15.6. The third-order valence-electron chi connectivity index (χ3n) is 2.57. The predicted molar refractivity (Wildman–Crippen MR) is 67.2 cm³/mol. The van der Waals surface area contributed by atoms with Crippen LogP contribution >= 0.6 is 11.3 Å². The van der Waals surface area contributed by atoms with Gasteiger partial charge >= 0.3 is 6.18 Å². The fourth-order valence-corrected chi connectivity index (χ4v) is 2.35. The average Bonchev–Trinajstić information content (AvgIpc) is 2.86. The molecule has 0 N–H and O–H groups in total. The van der Waals surface area contributed by atoms with Crippen LogP contribution in [0.5, 0.6) is 0 Å². The van der Waals surface area contributed by atoms with Crippen molar-refractivity contribution >= 4 is 17.1 Å². The quantitative estimate of drug-likeness (QED) is 0.781. The highest BCUT2D eigenvalue weighted by molar-refractivity contribution is 7.13. The summed E-state index contributed by atoms with van der Waals surface area (Å²) in [7, 11) is 0. The van der Waals surface area contributed by atoms with E-state index in [9.17, 15) is 18.0 Å². The molecule has 0 fully saturated rings. The smallest absolute Gasteiger partial charge is 0.292 e. The first-order chi connectivity index (χ1) is 8.91. The SMILES string of the molecule is CCC(=O)c1csc(-c2ccc(C(F)(F)F)cc2)n1. The summed E-state index contributed by atoms with van der Waals surface area (Å²) in [5.74, 6) is -0.0746. The van der Waals surface area contributed by atoms with Crippen molar-refractivity contribution in [3.63, 3.8) is 0 Å². The highest BCUT2D eigenvalue weighted by atomic mass is 32.1. The minimum Gasteiger partial charge on any atom is -0.292 e. The van der Waals surface area contributed by atoms with Gasteiger partial charge in [-0.05, 0) is 12.1 Å². The number of ketones is 1. The van der Waals surface area contributed by atoms with Crippen LogP contribution in [-0.4, -0.2) is 10.8 Å². The van der Waals surface area contributed by atoms with E-state index in [2.05, 4.69) is 4.98 Å². The van der Waals surface area contributed by atoms with Gasteiger partial charge in [-0.2, -0.15) is 13.2 Å². The molecule has 0 atom stereocenters. The summed E-state index contributed by atoms with van der Waals surface area (Å²) in [5.41, 5.74) is 0.244. The zero-order valence-electron chi connectivity index (χ0n) is 9.99. The summed E-state index contributed by atoms with van der Waals surface area (Å²) < 4.78 is 37.3. The molecule has 0 bridgehead atoms. The van der Waals surface area contributed by atoms with Crippen LogP contribution in [0.15, 0.2) is 29.6 Å². The normalized spacial score (nSPS) is 11.6. The Hall–Kier alpha value is -1.69. The number of carbonyl (C=O) groups excluding carboxylic acids is 1. The first-order valence-electron chi connectivity index (χ1n) is 5.58. The van der Waals surface area contributed by atoms with E-state index in [4.69, 9.17) is 0 Å². The number of halogens is 3. The lowest BCUT2D eigenvalue weighted by atomic mass is 10.1. The van der Waals surface area contributed by atoms with Gasteiger partial charge in [-0.3, -0.25) is 4.79 Å². The van der Waals surface area contributed by atoms with Crippen LogP contribution in [0.3, 0.4) is 0 Å². The van der Waals surface area contributed by atoms with Gasteiger partial charge in [0.05, 0.1) is 5.56 Å². The summed E-state index contributed by atoms with van der Waals surface area (Å²) in [5, 5.41) is 2.17. The molecule has 0 spiro atoms. The topological polar surface area (TPSA) is 30.0 Å². The van der Waals surface area contributed by atoms with Crippen LogP contribution in [0.2, 0.25) is 0 Å². The Morgan fingerprint density at radius 2 is 1.89 bits per heavy atom. The van der Waals surface area contributed by atoms with E-state index in [0.29, 0.717) is 22.7 Å². The second-order valence-electron chi connectivity index (χ2n) is 3.89. The fraction of sp³-hybridized carbons (Fsp3) is 0.231. The molecule has 0 aliphatic carbocycles. The fourth-order valence-electron chi connectivity index (χ4n) is 1.52. The van der Waals surface area contributed by atoms with Crippen LogP contribution in [0.25, 0.3) is 10.6 Å². The third-order valence-corrected chi connectivity index (χ3v) is 3.46. The van der Waals surface area contributed by atoms with Gasteiger partial charge in [0, 0.05) is 17.4 Å². The van der Waals surface area contributed by atoms with E-state index in [1.54, 1.807) is 12.3 Å². The number of hydrogen-bond donors (Lipinski definition) is 0. The molecule has 0 radical (unpaired) electrons. The summed E-state index contributed by atoms with van der Waals surface area (Å²) in [6, 6.07) is 4.75. The average molecular weight is 285 g/mol. The van der Waals surface area contributed by atoms with Crippen LogP contribution in [0, 0.1) is 0 Å². The molecular weight excluding hydrogens is 275 g/mol. The monoisotopic (exact) mass is 285 g/mol. The van der Waals surface area contributed by atoms with Gasteiger partial charge in [0.25, 0.3) is 0 Å². The van der Waals surface area contributed by atoms with E-state index in [0.717, 1.165) is 12.1 Å². The minimum absolute atomic E-state index is 0.0746. The lowest BCUT2D eigenvalue weighted by Crippen LogP contribution is -2.04. The second kappa shape index (κ2) is 5.13. The van der Waals surface area contributed by atoms with Crippen molar-refractivity contribution in [3.05, 3.63) is 40.9 Å². The first-order valence-corrected chi connectivity index (χ1v) is 6.46. The Morgan fingerprint density at radius 3 is 2.42 bits per heavy atom. The molecule has 0 saturated heterocycles. The summed E-state index contributed by atoms with van der Waals surface area (Å²) in [6.45, 7) is 1.74. The number of aromatic nitrogens is 1. The Bertz CT molecular complexity index is 587. The molecular formula is C13H10F3NOS. The zero-order chi connectivity index (χ0) is 14.0. The van der Waals surface area contributed by atoms with Gasteiger partial charge in [0.15, 0.2) is 5.78 Å². The van der Waals surface area contributed by atoms with Gasteiger partial charge in [0.1, 0.15) is 10.7 Å². The molecule has 2 nitrogen and oxygen atoms in total. The number of Topliss-reactive ketones (excluding diaryl/α,β-unsaturated/α-hetero) is 1. The lowest BCUT2D eigenvalue weighted by molar-refractivity contribution is -0.137. The molecule has 0 amide bonds. The predicted octanol–water partition coefficient (Wildman–Crippen LogP) is 4.42. The molecule has 0 unspecified atom stereocenters. The Morgan fingerprint density at radius 1 is 1.26 bits per heavy atom. The van der Waals surface area contributed by atoms with E-state index in [1.807, 2.05) is 0 Å². The second-order valence-corrected chi connectivity index (χ2v) is 4.75. The van der Waals surface area contributed by atoms with Gasteiger partial charge < -0.3 is 0 Å². The van der Waals surface area contributed by atoms with Gasteiger partial charge in [-0.1, -0.05) is 19.1 Å². The maximum atomic E-state index is 12.4. The standard InChI is InChI=1S/C13H10F3NOS/c1-2-11(18)10-7-19-12(17-10)8-3-5-9(6-4-8)13(14,15)16/h3-7H,2H2,1H3. The van der Waals surface area contributed by atoms with Crippen molar-refractivity contribution in [2.45, 2.75) is 19.5 Å². The molecule has 2 aromatic rings.